The second-order valence-electron chi connectivity index (χ2n) is 6.88. The van der Waals surface area contributed by atoms with E-state index in [1.165, 1.54) is 45.3 Å². The molecule has 1 N–H and O–H groups in total. The molecule has 0 aromatic heterocycles. The summed E-state index contributed by atoms with van der Waals surface area (Å²) in [6.45, 7) is 3.66. The summed E-state index contributed by atoms with van der Waals surface area (Å²) in [5.41, 5.74) is 0.846. The molecule has 0 spiro atoms. The predicted octanol–water partition coefficient (Wildman–Crippen LogP) is 3.89. The standard InChI is InChI=1S/C20H31FN2O2/c1-3-23(14-16-11-12-19(25-2)18(21)13-16)15-20(24)22-17-9-7-5-4-6-8-10-17/h11-13,17H,3-10,14-15H2,1-2H3,(H,22,24). The average Bonchev–Trinajstić information content (AvgIpc) is 2.56. The number of carbonyl (C=O) groups excluding carboxylic acids is 1. The lowest BCUT2D eigenvalue weighted by Crippen LogP contribution is -2.42. The van der Waals surface area contributed by atoms with Crippen molar-refractivity contribution >= 4 is 5.91 Å². The topological polar surface area (TPSA) is 41.6 Å². The van der Waals surface area contributed by atoms with Gasteiger partial charge in [-0.2, -0.15) is 0 Å². The number of benzene rings is 1. The predicted molar refractivity (Wildman–Crippen MR) is 98.2 cm³/mol. The Bertz CT molecular complexity index is 542. The van der Waals surface area contributed by atoms with E-state index in [4.69, 9.17) is 4.74 Å². The summed E-state index contributed by atoms with van der Waals surface area (Å²) in [5.74, 6) is -0.0507. The molecular formula is C20H31FN2O2. The minimum atomic E-state index is -0.366. The minimum Gasteiger partial charge on any atom is -0.494 e. The van der Waals surface area contributed by atoms with Gasteiger partial charge >= 0.3 is 0 Å². The van der Waals surface area contributed by atoms with Crippen LogP contribution in [0.5, 0.6) is 5.75 Å². The lowest BCUT2D eigenvalue weighted by Gasteiger charge is -2.24. The van der Waals surface area contributed by atoms with Crippen LogP contribution >= 0.6 is 0 Å². The molecule has 0 bridgehead atoms. The van der Waals surface area contributed by atoms with Gasteiger partial charge in [-0.3, -0.25) is 9.69 Å². The van der Waals surface area contributed by atoms with Gasteiger partial charge in [0.05, 0.1) is 13.7 Å². The fourth-order valence-electron chi connectivity index (χ4n) is 3.42. The molecule has 25 heavy (non-hydrogen) atoms. The van der Waals surface area contributed by atoms with E-state index in [2.05, 4.69) is 5.32 Å². The van der Waals surface area contributed by atoms with Gasteiger partial charge in [-0.05, 0) is 37.1 Å². The summed E-state index contributed by atoms with van der Waals surface area (Å²) >= 11 is 0. The molecule has 1 amide bonds. The molecule has 4 nitrogen and oxygen atoms in total. The fourth-order valence-corrected chi connectivity index (χ4v) is 3.42. The van der Waals surface area contributed by atoms with Gasteiger partial charge in [0.25, 0.3) is 0 Å². The van der Waals surface area contributed by atoms with Crippen LogP contribution in [0, 0.1) is 5.82 Å². The number of hydrogen-bond acceptors (Lipinski definition) is 3. The molecule has 1 aliphatic carbocycles. The Morgan fingerprint density at radius 2 is 1.92 bits per heavy atom. The van der Waals surface area contributed by atoms with Gasteiger partial charge in [0.15, 0.2) is 11.6 Å². The van der Waals surface area contributed by atoms with Gasteiger partial charge in [0.2, 0.25) is 5.91 Å². The number of nitrogens with one attached hydrogen (secondary N) is 1. The first-order valence-corrected chi connectivity index (χ1v) is 9.46. The number of amides is 1. The highest BCUT2D eigenvalue weighted by Gasteiger charge is 2.16. The molecule has 0 heterocycles. The van der Waals surface area contributed by atoms with Crippen molar-refractivity contribution in [3.8, 4) is 5.75 Å². The number of halogens is 1. The van der Waals surface area contributed by atoms with E-state index >= 15 is 0 Å². The molecule has 1 aromatic rings. The molecule has 1 aliphatic rings. The van der Waals surface area contributed by atoms with Gasteiger partial charge in [0.1, 0.15) is 0 Å². The summed E-state index contributed by atoms with van der Waals surface area (Å²) in [5, 5.41) is 3.19. The minimum absolute atomic E-state index is 0.0707. The van der Waals surface area contributed by atoms with Crippen LogP contribution in [-0.4, -0.2) is 37.0 Å². The Kier molecular flexibility index (Phi) is 8.19. The smallest absolute Gasteiger partial charge is 0.234 e. The van der Waals surface area contributed by atoms with Crippen molar-refractivity contribution < 1.29 is 13.9 Å². The number of ether oxygens (including phenoxy) is 1. The number of carbonyl (C=O) groups is 1. The van der Waals surface area contributed by atoms with Crippen molar-refractivity contribution in [1.29, 1.82) is 0 Å². The number of likely N-dealkylation sites (N-methyl/N-ethyl adjacent to an activating group) is 1. The Labute approximate surface area is 150 Å². The normalized spacial score (nSPS) is 16.3. The highest BCUT2D eigenvalue weighted by molar-refractivity contribution is 5.78. The number of hydrogen-bond donors (Lipinski definition) is 1. The molecule has 0 radical (unpaired) electrons. The zero-order chi connectivity index (χ0) is 18.1. The summed E-state index contributed by atoms with van der Waals surface area (Å²) in [6, 6.07) is 5.27. The average molecular weight is 350 g/mol. The Morgan fingerprint density at radius 1 is 1.24 bits per heavy atom. The molecule has 1 aromatic carbocycles. The molecule has 0 saturated heterocycles. The Morgan fingerprint density at radius 3 is 2.52 bits per heavy atom. The van der Waals surface area contributed by atoms with E-state index in [9.17, 15) is 9.18 Å². The van der Waals surface area contributed by atoms with Gasteiger partial charge < -0.3 is 10.1 Å². The summed E-state index contributed by atoms with van der Waals surface area (Å²) < 4.78 is 18.8. The Hall–Kier alpha value is -1.62. The quantitative estimate of drug-likeness (QED) is 0.811. The van der Waals surface area contributed by atoms with Gasteiger partial charge in [0, 0.05) is 12.6 Å². The van der Waals surface area contributed by atoms with E-state index in [0.29, 0.717) is 19.1 Å². The largest absolute Gasteiger partial charge is 0.494 e. The fraction of sp³-hybridized carbons (Fsp3) is 0.650. The second-order valence-corrected chi connectivity index (χ2v) is 6.88. The third-order valence-corrected chi connectivity index (χ3v) is 4.91. The Balaban J connectivity index is 1.85. The number of nitrogens with zero attached hydrogens (tertiary/aromatic N) is 1. The highest BCUT2D eigenvalue weighted by atomic mass is 19.1. The summed E-state index contributed by atoms with van der Waals surface area (Å²) in [6.07, 6.45) is 8.44. The lowest BCUT2D eigenvalue weighted by atomic mass is 9.97. The van der Waals surface area contributed by atoms with Crippen LogP contribution in [0.2, 0.25) is 0 Å². The summed E-state index contributed by atoms with van der Waals surface area (Å²) in [7, 11) is 1.45. The van der Waals surface area contributed by atoms with Crippen molar-refractivity contribution in [2.24, 2.45) is 0 Å². The molecule has 0 aliphatic heterocycles. The van der Waals surface area contributed by atoms with Crippen LogP contribution in [-0.2, 0) is 11.3 Å². The van der Waals surface area contributed by atoms with Crippen molar-refractivity contribution in [3.63, 3.8) is 0 Å². The first kappa shape index (κ1) is 19.7. The molecule has 1 fully saturated rings. The maximum atomic E-state index is 13.8. The molecule has 5 heteroatoms. The van der Waals surface area contributed by atoms with E-state index in [1.54, 1.807) is 6.07 Å². The van der Waals surface area contributed by atoms with Crippen molar-refractivity contribution in [2.75, 3.05) is 20.2 Å². The molecule has 1 saturated carbocycles. The SMILES string of the molecule is CCN(CC(=O)NC1CCCCCCC1)Cc1ccc(OC)c(F)c1. The first-order valence-electron chi connectivity index (χ1n) is 9.46. The van der Waals surface area contributed by atoms with Crippen LogP contribution in [0.1, 0.15) is 57.4 Å². The van der Waals surface area contributed by atoms with Crippen LogP contribution in [0.25, 0.3) is 0 Å². The van der Waals surface area contributed by atoms with Crippen LogP contribution in [0.15, 0.2) is 18.2 Å². The van der Waals surface area contributed by atoms with E-state index in [1.807, 2.05) is 17.9 Å². The van der Waals surface area contributed by atoms with Crippen LogP contribution < -0.4 is 10.1 Å². The van der Waals surface area contributed by atoms with Crippen molar-refractivity contribution in [1.82, 2.24) is 10.2 Å². The van der Waals surface area contributed by atoms with Gasteiger partial charge in [-0.25, -0.2) is 4.39 Å². The number of rotatable bonds is 7. The zero-order valence-electron chi connectivity index (χ0n) is 15.5. The molecule has 0 atom stereocenters. The van der Waals surface area contributed by atoms with Crippen LogP contribution in [0.3, 0.4) is 0 Å². The molecular weight excluding hydrogens is 319 g/mol. The molecule has 2 rings (SSSR count). The highest BCUT2D eigenvalue weighted by Crippen LogP contribution is 2.19. The van der Waals surface area contributed by atoms with Crippen molar-refractivity contribution in [3.05, 3.63) is 29.6 Å². The monoisotopic (exact) mass is 350 g/mol. The van der Waals surface area contributed by atoms with Gasteiger partial charge in [-0.1, -0.05) is 45.1 Å². The first-order chi connectivity index (χ1) is 12.1. The maximum absolute atomic E-state index is 13.8. The molecule has 140 valence electrons. The van der Waals surface area contributed by atoms with E-state index in [0.717, 1.165) is 24.9 Å². The maximum Gasteiger partial charge on any atom is 0.234 e. The van der Waals surface area contributed by atoms with Crippen LogP contribution in [0.4, 0.5) is 4.39 Å². The van der Waals surface area contributed by atoms with Crippen molar-refractivity contribution in [2.45, 2.75) is 64.5 Å². The third-order valence-electron chi connectivity index (χ3n) is 4.91. The summed E-state index contributed by atoms with van der Waals surface area (Å²) in [4.78, 5) is 14.4. The number of methoxy groups -OCH3 is 1. The molecule has 0 unspecified atom stereocenters. The van der Waals surface area contributed by atoms with E-state index in [-0.39, 0.29) is 17.5 Å². The lowest BCUT2D eigenvalue weighted by molar-refractivity contribution is -0.123. The van der Waals surface area contributed by atoms with Gasteiger partial charge in [-0.15, -0.1) is 0 Å². The zero-order valence-corrected chi connectivity index (χ0v) is 15.5. The van der Waals surface area contributed by atoms with E-state index < -0.39 is 0 Å². The second kappa shape index (κ2) is 10.4. The third kappa shape index (κ3) is 6.65.